The Labute approximate surface area is 103 Å². The lowest BCUT2D eigenvalue weighted by Gasteiger charge is -2.23. The van der Waals surface area contributed by atoms with Crippen molar-refractivity contribution in [3.05, 3.63) is 54.1 Å². The van der Waals surface area contributed by atoms with Crippen molar-refractivity contribution in [3.8, 4) is 0 Å². The monoisotopic (exact) mass is 226 g/mol. The van der Waals surface area contributed by atoms with Crippen LogP contribution >= 0.6 is 0 Å². The number of anilines is 3. The smallest absolute Gasteiger partial charge is 0.0412 e. The second-order valence-corrected chi connectivity index (χ2v) is 4.17. The summed E-state index contributed by atoms with van der Waals surface area (Å²) in [6.45, 7) is 5.19. The van der Waals surface area contributed by atoms with E-state index in [0.29, 0.717) is 0 Å². The zero-order chi connectivity index (χ0) is 12.3. The molecule has 2 N–H and O–H groups in total. The number of nitrogens with two attached hydrogens (primary N) is 1. The van der Waals surface area contributed by atoms with Gasteiger partial charge < -0.3 is 10.6 Å². The average Bonchev–Trinajstić information content (AvgIpc) is 2.35. The van der Waals surface area contributed by atoms with Crippen molar-refractivity contribution >= 4 is 17.1 Å². The van der Waals surface area contributed by atoms with Gasteiger partial charge in [0, 0.05) is 23.6 Å². The lowest BCUT2D eigenvalue weighted by Crippen LogP contribution is -2.15. The van der Waals surface area contributed by atoms with Crippen molar-refractivity contribution in [1.29, 1.82) is 0 Å². The highest BCUT2D eigenvalue weighted by molar-refractivity contribution is 5.65. The summed E-state index contributed by atoms with van der Waals surface area (Å²) >= 11 is 0. The molecule has 0 aliphatic heterocycles. The first-order valence-corrected chi connectivity index (χ1v) is 5.90. The molecule has 88 valence electrons. The molecule has 0 atom stereocenters. The fourth-order valence-corrected chi connectivity index (χ4v) is 1.89. The Balaban J connectivity index is 2.33. The molecule has 0 radical (unpaired) electrons. The third-order valence-electron chi connectivity index (χ3n) is 2.87. The van der Waals surface area contributed by atoms with E-state index in [9.17, 15) is 0 Å². The van der Waals surface area contributed by atoms with E-state index in [1.54, 1.807) is 0 Å². The van der Waals surface area contributed by atoms with Gasteiger partial charge in [-0.15, -0.1) is 0 Å². The Morgan fingerprint density at radius 2 is 1.35 bits per heavy atom. The van der Waals surface area contributed by atoms with Gasteiger partial charge in [-0.2, -0.15) is 0 Å². The van der Waals surface area contributed by atoms with E-state index in [1.807, 2.05) is 12.1 Å². The quantitative estimate of drug-likeness (QED) is 0.808. The van der Waals surface area contributed by atoms with E-state index in [0.717, 1.165) is 12.2 Å². The van der Waals surface area contributed by atoms with Crippen LogP contribution in [0, 0.1) is 6.92 Å². The number of hydrogen-bond acceptors (Lipinski definition) is 2. The van der Waals surface area contributed by atoms with Crippen LogP contribution in [0.3, 0.4) is 0 Å². The van der Waals surface area contributed by atoms with E-state index in [-0.39, 0.29) is 0 Å². The van der Waals surface area contributed by atoms with Crippen molar-refractivity contribution in [3.63, 3.8) is 0 Å². The zero-order valence-corrected chi connectivity index (χ0v) is 10.4. The maximum absolute atomic E-state index is 5.71. The first-order valence-electron chi connectivity index (χ1n) is 5.90. The first-order chi connectivity index (χ1) is 8.20. The maximum Gasteiger partial charge on any atom is 0.0412 e. The molecule has 2 rings (SSSR count). The largest absolute Gasteiger partial charge is 0.399 e. The molecule has 17 heavy (non-hydrogen) atoms. The Kier molecular flexibility index (Phi) is 3.33. The second-order valence-electron chi connectivity index (χ2n) is 4.17. The summed E-state index contributed by atoms with van der Waals surface area (Å²) in [5, 5.41) is 0. The van der Waals surface area contributed by atoms with Crippen molar-refractivity contribution in [1.82, 2.24) is 0 Å². The van der Waals surface area contributed by atoms with E-state index < -0.39 is 0 Å². The molecule has 0 bridgehead atoms. The predicted molar refractivity (Wildman–Crippen MR) is 74.7 cm³/mol. The fourth-order valence-electron chi connectivity index (χ4n) is 1.89. The molecule has 2 nitrogen and oxygen atoms in total. The number of aryl methyl sites for hydroxylation is 1. The van der Waals surface area contributed by atoms with Gasteiger partial charge in [-0.3, -0.25) is 0 Å². The molecule has 0 amide bonds. The van der Waals surface area contributed by atoms with Crippen molar-refractivity contribution in [2.45, 2.75) is 13.8 Å². The summed E-state index contributed by atoms with van der Waals surface area (Å²) in [6, 6.07) is 16.5. The number of nitrogens with zero attached hydrogens (tertiary/aromatic N) is 1. The predicted octanol–water partition coefficient (Wildman–Crippen LogP) is 3.74. The summed E-state index contributed by atoms with van der Waals surface area (Å²) in [5.41, 5.74) is 10.2. The Hall–Kier alpha value is -1.96. The SMILES string of the molecule is CCN(c1ccc(C)cc1)c1ccc(N)cc1. The van der Waals surface area contributed by atoms with Gasteiger partial charge in [-0.05, 0) is 50.2 Å². The van der Waals surface area contributed by atoms with Crippen LogP contribution in [0.1, 0.15) is 12.5 Å². The summed E-state index contributed by atoms with van der Waals surface area (Å²) in [7, 11) is 0. The topological polar surface area (TPSA) is 29.3 Å². The summed E-state index contributed by atoms with van der Waals surface area (Å²) in [4.78, 5) is 2.26. The van der Waals surface area contributed by atoms with Crippen molar-refractivity contribution in [2.24, 2.45) is 0 Å². The summed E-state index contributed by atoms with van der Waals surface area (Å²) < 4.78 is 0. The molecule has 0 saturated carbocycles. The summed E-state index contributed by atoms with van der Waals surface area (Å²) in [6.07, 6.45) is 0. The van der Waals surface area contributed by atoms with E-state index in [2.05, 4.69) is 55.1 Å². The molecule has 0 heterocycles. The Morgan fingerprint density at radius 3 is 1.82 bits per heavy atom. The van der Waals surface area contributed by atoms with Crippen LogP contribution in [0.4, 0.5) is 17.1 Å². The standard InChI is InChI=1S/C15H18N2/c1-3-17(14-8-4-12(2)5-9-14)15-10-6-13(16)7-11-15/h4-11H,3,16H2,1-2H3. The molecular weight excluding hydrogens is 208 g/mol. The highest BCUT2D eigenvalue weighted by Crippen LogP contribution is 2.25. The minimum atomic E-state index is 0.800. The van der Waals surface area contributed by atoms with Gasteiger partial charge in [0.2, 0.25) is 0 Å². The first kappa shape index (κ1) is 11.5. The highest BCUT2D eigenvalue weighted by atomic mass is 15.1. The van der Waals surface area contributed by atoms with E-state index in [4.69, 9.17) is 5.73 Å². The molecule has 0 fully saturated rings. The molecule has 2 aromatic carbocycles. The lowest BCUT2D eigenvalue weighted by atomic mass is 10.2. The minimum absolute atomic E-state index is 0.800. The van der Waals surface area contributed by atoms with Crippen LogP contribution in [0.5, 0.6) is 0 Å². The molecule has 0 unspecified atom stereocenters. The molecular formula is C15H18N2. The molecule has 0 aliphatic carbocycles. The molecule has 2 aromatic rings. The van der Waals surface area contributed by atoms with Crippen LogP contribution in [0.15, 0.2) is 48.5 Å². The van der Waals surface area contributed by atoms with Gasteiger partial charge >= 0.3 is 0 Å². The normalized spacial score (nSPS) is 10.2. The Bertz CT molecular complexity index is 426. The molecule has 0 spiro atoms. The minimum Gasteiger partial charge on any atom is -0.399 e. The second kappa shape index (κ2) is 4.91. The Morgan fingerprint density at radius 1 is 0.882 bits per heavy atom. The van der Waals surface area contributed by atoms with E-state index in [1.165, 1.54) is 16.9 Å². The van der Waals surface area contributed by atoms with Crippen LogP contribution in [-0.2, 0) is 0 Å². The van der Waals surface area contributed by atoms with Gasteiger partial charge in [0.25, 0.3) is 0 Å². The van der Waals surface area contributed by atoms with Crippen LogP contribution in [0.25, 0.3) is 0 Å². The third kappa shape index (κ3) is 2.59. The average molecular weight is 226 g/mol. The van der Waals surface area contributed by atoms with E-state index >= 15 is 0 Å². The van der Waals surface area contributed by atoms with Crippen LogP contribution < -0.4 is 10.6 Å². The number of rotatable bonds is 3. The maximum atomic E-state index is 5.71. The van der Waals surface area contributed by atoms with Crippen LogP contribution in [0.2, 0.25) is 0 Å². The molecule has 2 heteroatoms. The fraction of sp³-hybridized carbons (Fsp3) is 0.200. The van der Waals surface area contributed by atoms with Gasteiger partial charge in [0.1, 0.15) is 0 Å². The number of nitrogen functional groups attached to an aromatic ring is 1. The highest BCUT2D eigenvalue weighted by Gasteiger charge is 2.06. The molecule has 0 saturated heterocycles. The van der Waals surface area contributed by atoms with Gasteiger partial charge in [-0.1, -0.05) is 17.7 Å². The van der Waals surface area contributed by atoms with Crippen LogP contribution in [-0.4, -0.2) is 6.54 Å². The molecule has 0 aliphatic rings. The van der Waals surface area contributed by atoms with Gasteiger partial charge in [0.05, 0.1) is 0 Å². The van der Waals surface area contributed by atoms with Crippen molar-refractivity contribution < 1.29 is 0 Å². The zero-order valence-electron chi connectivity index (χ0n) is 10.4. The van der Waals surface area contributed by atoms with Crippen molar-refractivity contribution in [2.75, 3.05) is 17.2 Å². The summed E-state index contributed by atoms with van der Waals surface area (Å²) in [5.74, 6) is 0. The number of benzene rings is 2. The number of hydrogen-bond donors (Lipinski definition) is 1. The van der Waals surface area contributed by atoms with Gasteiger partial charge in [-0.25, -0.2) is 0 Å². The lowest BCUT2D eigenvalue weighted by molar-refractivity contribution is 1.02. The van der Waals surface area contributed by atoms with Gasteiger partial charge in [0.15, 0.2) is 0 Å². The third-order valence-corrected chi connectivity index (χ3v) is 2.87. The molecule has 0 aromatic heterocycles.